The van der Waals surface area contributed by atoms with Gasteiger partial charge in [-0.2, -0.15) is 0 Å². The van der Waals surface area contributed by atoms with Gasteiger partial charge in [0.1, 0.15) is 5.75 Å². The van der Waals surface area contributed by atoms with E-state index >= 15 is 0 Å². The zero-order valence-corrected chi connectivity index (χ0v) is 16.3. The molecule has 0 fully saturated rings. The second-order valence-electron chi connectivity index (χ2n) is 7.29. The van der Waals surface area contributed by atoms with E-state index < -0.39 is 0 Å². The summed E-state index contributed by atoms with van der Waals surface area (Å²) in [5.41, 5.74) is 3.00. The zero-order chi connectivity index (χ0) is 18.9. The molecule has 2 aromatic rings. The first-order valence-corrected chi connectivity index (χ1v) is 9.17. The van der Waals surface area contributed by atoms with Crippen LogP contribution >= 0.6 is 0 Å². The molecule has 0 saturated carbocycles. The van der Waals surface area contributed by atoms with Crippen LogP contribution in [0.3, 0.4) is 0 Å². The van der Waals surface area contributed by atoms with Crippen molar-refractivity contribution in [3.63, 3.8) is 0 Å². The second kappa shape index (κ2) is 9.97. The van der Waals surface area contributed by atoms with Crippen molar-refractivity contribution in [1.29, 1.82) is 0 Å². The quantitative estimate of drug-likeness (QED) is 0.737. The van der Waals surface area contributed by atoms with Crippen LogP contribution < -0.4 is 10.1 Å². The van der Waals surface area contributed by atoms with Crippen molar-refractivity contribution in [2.75, 3.05) is 20.7 Å². The summed E-state index contributed by atoms with van der Waals surface area (Å²) in [7, 11) is 4.10. The van der Waals surface area contributed by atoms with Gasteiger partial charge in [0.05, 0.1) is 6.61 Å². The van der Waals surface area contributed by atoms with Crippen molar-refractivity contribution in [3.8, 4) is 5.75 Å². The van der Waals surface area contributed by atoms with E-state index in [9.17, 15) is 4.79 Å². The third-order valence-electron chi connectivity index (χ3n) is 4.06. The van der Waals surface area contributed by atoms with Gasteiger partial charge in [0, 0.05) is 18.7 Å². The minimum Gasteiger partial charge on any atom is -0.494 e. The van der Waals surface area contributed by atoms with E-state index in [2.05, 4.69) is 62.4 Å². The largest absolute Gasteiger partial charge is 0.494 e. The van der Waals surface area contributed by atoms with Gasteiger partial charge >= 0.3 is 0 Å². The molecule has 0 aliphatic heterocycles. The number of carbonyl (C=O) groups is 1. The summed E-state index contributed by atoms with van der Waals surface area (Å²) in [6, 6.07) is 15.6. The predicted molar refractivity (Wildman–Crippen MR) is 106 cm³/mol. The van der Waals surface area contributed by atoms with Gasteiger partial charge in [-0.3, -0.25) is 4.79 Å². The Morgan fingerprint density at radius 1 is 1.00 bits per heavy atom. The number of carbonyl (C=O) groups excluding carboxylic acids is 1. The maximum atomic E-state index is 12.3. The fourth-order valence-electron chi connectivity index (χ4n) is 2.53. The van der Waals surface area contributed by atoms with Crippen LogP contribution in [0.2, 0.25) is 0 Å². The van der Waals surface area contributed by atoms with E-state index in [1.807, 2.05) is 12.1 Å². The Morgan fingerprint density at radius 3 is 2.19 bits per heavy atom. The number of nitrogens with zero attached hydrogens (tertiary/aromatic N) is 1. The standard InChI is InChI=1S/C22H30N2O2/c1-17(2)13-14-26-21-11-9-20(10-12-21)22(25)23-15-18-5-7-19(8-6-18)16-24(3)4/h5-12,17H,13-16H2,1-4H3,(H,23,25). The molecule has 0 heterocycles. The van der Waals surface area contributed by atoms with Crippen molar-refractivity contribution >= 4 is 5.91 Å². The van der Waals surface area contributed by atoms with Crippen molar-refractivity contribution in [2.24, 2.45) is 5.92 Å². The van der Waals surface area contributed by atoms with Crippen LogP contribution in [0.25, 0.3) is 0 Å². The Labute approximate surface area is 157 Å². The molecular formula is C22H30N2O2. The summed E-state index contributed by atoms with van der Waals surface area (Å²) in [5.74, 6) is 1.35. The molecule has 0 radical (unpaired) electrons. The normalized spacial score (nSPS) is 11.0. The van der Waals surface area contributed by atoms with Gasteiger partial charge in [-0.25, -0.2) is 0 Å². The highest BCUT2D eigenvalue weighted by Crippen LogP contribution is 2.14. The monoisotopic (exact) mass is 354 g/mol. The molecule has 140 valence electrons. The summed E-state index contributed by atoms with van der Waals surface area (Å²) in [6.45, 7) is 6.48. The third-order valence-corrected chi connectivity index (χ3v) is 4.06. The van der Waals surface area contributed by atoms with Crippen molar-refractivity contribution in [1.82, 2.24) is 10.2 Å². The Morgan fingerprint density at radius 2 is 1.62 bits per heavy atom. The minimum atomic E-state index is -0.0731. The molecule has 26 heavy (non-hydrogen) atoms. The average Bonchev–Trinajstić information content (AvgIpc) is 2.60. The summed E-state index contributed by atoms with van der Waals surface area (Å²) in [6.07, 6.45) is 1.02. The fourth-order valence-corrected chi connectivity index (χ4v) is 2.53. The number of benzene rings is 2. The first-order valence-electron chi connectivity index (χ1n) is 9.17. The number of hydrogen-bond donors (Lipinski definition) is 1. The van der Waals surface area contributed by atoms with E-state index in [4.69, 9.17) is 4.74 Å². The van der Waals surface area contributed by atoms with Crippen LogP contribution in [-0.2, 0) is 13.1 Å². The molecule has 2 aromatic carbocycles. The highest BCUT2D eigenvalue weighted by atomic mass is 16.5. The third kappa shape index (κ3) is 6.89. The zero-order valence-electron chi connectivity index (χ0n) is 16.3. The van der Waals surface area contributed by atoms with Crippen molar-refractivity contribution in [2.45, 2.75) is 33.4 Å². The summed E-state index contributed by atoms with van der Waals surface area (Å²) < 4.78 is 5.68. The lowest BCUT2D eigenvalue weighted by atomic mass is 10.1. The van der Waals surface area contributed by atoms with Gasteiger partial charge in [0.2, 0.25) is 0 Å². The van der Waals surface area contributed by atoms with Crippen LogP contribution in [0, 0.1) is 5.92 Å². The molecular weight excluding hydrogens is 324 g/mol. The molecule has 0 aliphatic rings. The lowest BCUT2D eigenvalue weighted by molar-refractivity contribution is 0.0951. The van der Waals surface area contributed by atoms with Crippen molar-refractivity contribution < 1.29 is 9.53 Å². The summed E-state index contributed by atoms with van der Waals surface area (Å²) >= 11 is 0. The van der Waals surface area contributed by atoms with Gasteiger partial charge in [0.25, 0.3) is 5.91 Å². The highest BCUT2D eigenvalue weighted by Gasteiger charge is 2.06. The van der Waals surface area contributed by atoms with E-state index in [-0.39, 0.29) is 5.91 Å². The molecule has 0 atom stereocenters. The highest BCUT2D eigenvalue weighted by molar-refractivity contribution is 5.94. The lowest BCUT2D eigenvalue weighted by Crippen LogP contribution is -2.22. The molecule has 0 saturated heterocycles. The van der Waals surface area contributed by atoms with E-state index in [1.165, 1.54) is 5.56 Å². The van der Waals surface area contributed by atoms with E-state index in [1.54, 1.807) is 12.1 Å². The molecule has 0 unspecified atom stereocenters. The van der Waals surface area contributed by atoms with Gasteiger partial charge in [-0.15, -0.1) is 0 Å². The second-order valence-corrected chi connectivity index (χ2v) is 7.29. The van der Waals surface area contributed by atoms with Crippen LogP contribution in [0.4, 0.5) is 0 Å². The molecule has 0 bridgehead atoms. The smallest absolute Gasteiger partial charge is 0.251 e. The number of rotatable bonds is 9. The van der Waals surface area contributed by atoms with Crippen molar-refractivity contribution in [3.05, 3.63) is 65.2 Å². The molecule has 0 spiro atoms. The predicted octanol–water partition coefficient (Wildman–Crippen LogP) is 4.10. The van der Waals surface area contributed by atoms with Crippen LogP contribution in [-0.4, -0.2) is 31.5 Å². The number of ether oxygens (including phenoxy) is 1. The fraction of sp³-hybridized carbons (Fsp3) is 0.409. The van der Waals surface area contributed by atoms with E-state index in [0.717, 1.165) is 24.3 Å². The summed E-state index contributed by atoms with van der Waals surface area (Å²) in [4.78, 5) is 14.4. The topological polar surface area (TPSA) is 41.6 Å². The number of amides is 1. The SMILES string of the molecule is CC(C)CCOc1ccc(C(=O)NCc2ccc(CN(C)C)cc2)cc1. The Balaban J connectivity index is 1.82. The first kappa shape index (κ1) is 20.0. The Hall–Kier alpha value is -2.33. The van der Waals surface area contributed by atoms with Gasteiger partial charge in [0.15, 0.2) is 0 Å². The summed E-state index contributed by atoms with van der Waals surface area (Å²) in [5, 5.41) is 2.96. The number of nitrogens with one attached hydrogen (secondary N) is 1. The maximum absolute atomic E-state index is 12.3. The minimum absolute atomic E-state index is 0.0731. The molecule has 0 aromatic heterocycles. The molecule has 0 aliphatic carbocycles. The number of hydrogen-bond acceptors (Lipinski definition) is 3. The Bertz CT molecular complexity index is 676. The maximum Gasteiger partial charge on any atom is 0.251 e. The van der Waals surface area contributed by atoms with Gasteiger partial charge in [-0.05, 0) is 61.8 Å². The van der Waals surface area contributed by atoms with Gasteiger partial charge in [-0.1, -0.05) is 38.1 Å². The van der Waals surface area contributed by atoms with Gasteiger partial charge < -0.3 is 15.0 Å². The molecule has 4 heteroatoms. The first-order chi connectivity index (χ1) is 12.4. The molecule has 1 amide bonds. The van der Waals surface area contributed by atoms with Crippen LogP contribution in [0.15, 0.2) is 48.5 Å². The average molecular weight is 354 g/mol. The Kier molecular flexibility index (Phi) is 7.67. The van der Waals surface area contributed by atoms with Crippen LogP contribution in [0.1, 0.15) is 41.8 Å². The molecule has 1 N–H and O–H groups in total. The molecule has 2 rings (SSSR count). The van der Waals surface area contributed by atoms with Crippen LogP contribution in [0.5, 0.6) is 5.75 Å². The van der Waals surface area contributed by atoms with E-state index in [0.29, 0.717) is 24.6 Å². The molecule has 4 nitrogen and oxygen atoms in total. The lowest BCUT2D eigenvalue weighted by Gasteiger charge is -2.11.